The SMILES string of the molecule is CC1CCC(CN)(C2(O)Cc3ccccc3C2)CC1. The van der Waals surface area contributed by atoms with Crippen LogP contribution in [0.1, 0.15) is 43.7 Å². The van der Waals surface area contributed by atoms with Crippen LogP contribution >= 0.6 is 0 Å². The monoisotopic (exact) mass is 259 g/mol. The molecule has 0 atom stereocenters. The van der Waals surface area contributed by atoms with E-state index < -0.39 is 5.60 Å². The predicted octanol–water partition coefficient (Wildman–Crippen LogP) is 2.67. The molecule has 2 nitrogen and oxygen atoms in total. The second-order valence-corrected chi connectivity index (χ2v) is 6.82. The topological polar surface area (TPSA) is 46.2 Å². The zero-order chi connectivity index (χ0) is 13.5. The number of rotatable bonds is 2. The Morgan fingerprint density at radius 1 is 1.16 bits per heavy atom. The zero-order valence-corrected chi connectivity index (χ0v) is 11.9. The summed E-state index contributed by atoms with van der Waals surface area (Å²) < 4.78 is 0. The Bertz CT molecular complexity index is 435. The summed E-state index contributed by atoms with van der Waals surface area (Å²) in [4.78, 5) is 0. The first-order valence-electron chi connectivity index (χ1n) is 7.58. The Labute approximate surface area is 116 Å². The minimum absolute atomic E-state index is 0.0709. The summed E-state index contributed by atoms with van der Waals surface area (Å²) in [7, 11) is 0. The Kier molecular flexibility index (Phi) is 3.18. The van der Waals surface area contributed by atoms with E-state index in [-0.39, 0.29) is 5.41 Å². The van der Waals surface area contributed by atoms with Crippen LogP contribution in [0.25, 0.3) is 0 Å². The van der Waals surface area contributed by atoms with E-state index in [0.29, 0.717) is 6.54 Å². The van der Waals surface area contributed by atoms with E-state index in [1.54, 1.807) is 0 Å². The van der Waals surface area contributed by atoms with Crippen LogP contribution in [0.4, 0.5) is 0 Å². The van der Waals surface area contributed by atoms with Gasteiger partial charge in [0, 0.05) is 24.8 Å². The molecule has 0 heterocycles. The van der Waals surface area contributed by atoms with E-state index in [9.17, 15) is 5.11 Å². The van der Waals surface area contributed by atoms with Crippen LogP contribution in [0.2, 0.25) is 0 Å². The smallest absolute Gasteiger partial charge is 0.0796 e. The van der Waals surface area contributed by atoms with Gasteiger partial charge in [0.15, 0.2) is 0 Å². The van der Waals surface area contributed by atoms with E-state index in [1.807, 2.05) is 0 Å². The molecule has 1 fully saturated rings. The van der Waals surface area contributed by atoms with Crippen LogP contribution in [0, 0.1) is 11.3 Å². The van der Waals surface area contributed by atoms with Crippen molar-refractivity contribution in [2.24, 2.45) is 17.1 Å². The van der Waals surface area contributed by atoms with Gasteiger partial charge in [0.25, 0.3) is 0 Å². The first-order chi connectivity index (χ1) is 9.09. The quantitative estimate of drug-likeness (QED) is 0.857. The van der Waals surface area contributed by atoms with E-state index in [1.165, 1.54) is 24.0 Å². The van der Waals surface area contributed by atoms with Crippen LogP contribution in [0.5, 0.6) is 0 Å². The molecule has 104 valence electrons. The Hall–Kier alpha value is -0.860. The molecule has 0 bridgehead atoms. The standard InChI is InChI=1S/C17H25NO/c1-13-6-8-16(12-18,9-7-13)17(19)10-14-4-2-3-5-15(14)11-17/h2-5,13,19H,6-12,18H2,1H3. The van der Waals surface area contributed by atoms with Crippen molar-refractivity contribution in [1.82, 2.24) is 0 Å². The molecule has 0 saturated heterocycles. The van der Waals surface area contributed by atoms with Gasteiger partial charge in [0.1, 0.15) is 0 Å². The molecule has 19 heavy (non-hydrogen) atoms. The number of hydrogen-bond acceptors (Lipinski definition) is 2. The molecule has 0 unspecified atom stereocenters. The Morgan fingerprint density at radius 2 is 1.68 bits per heavy atom. The van der Waals surface area contributed by atoms with Crippen LogP contribution < -0.4 is 5.73 Å². The van der Waals surface area contributed by atoms with Crippen molar-refractivity contribution in [3.8, 4) is 0 Å². The molecular formula is C17H25NO. The van der Waals surface area contributed by atoms with Gasteiger partial charge in [-0.05, 0) is 29.9 Å². The maximum Gasteiger partial charge on any atom is 0.0796 e. The normalized spacial score (nSPS) is 33.1. The number of aliphatic hydroxyl groups is 1. The molecule has 2 heteroatoms. The summed E-state index contributed by atoms with van der Waals surface area (Å²) in [5, 5.41) is 11.3. The molecule has 1 aromatic carbocycles. The molecule has 0 aliphatic heterocycles. The molecule has 3 N–H and O–H groups in total. The highest BCUT2D eigenvalue weighted by atomic mass is 16.3. The fourth-order valence-corrected chi connectivity index (χ4v) is 4.14. The Balaban J connectivity index is 1.89. The van der Waals surface area contributed by atoms with E-state index >= 15 is 0 Å². The van der Waals surface area contributed by atoms with Crippen molar-refractivity contribution < 1.29 is 5.11 Å². The fraction of sp³-hybridized carbons (Fsp3) is 0.647. The highest BCUT2D eigenvalue weighted by Gasteiger charge is 2.52. The molecule has 0 amide bonds. The lowest BCUT2D eigenvalue weighted by atomic mass is 9.60. The molecule has 1 saturated carbocycles. The van der Waals surface area contributed by atoms with Gasteiger partial charge in [0.05, 0.1) is 5.60 Å². The van der Waals surface area contributed by atoms with Crippen molar-refractivity contribution in [1.29, 1.82) is 0 Å². The molecule has 3 rings (SSSR count). The first kappa shape index (κ1) is 13.1. The second-order valence-electron chi connectivity index (χ2n) is 6.82. The van der Waals surface area contributed by atoms with Crippen LogP contribution in [0.15, 0.2) is 24.3 Å². The van der Waals surface area contributed by atoms with Crippen LogP contribution in [-0.4, -0.2) is 17.3 Å². The fourth-order valence-electron chi connectivity index (χ4n) is 4.14. The molecule has 0 aromatic heterocycles. The molecule has 2 aliphatic rings. The number of fused-ring (bicyclic) bond motifs is 1. The summed E-state index contributed by atoms with van der Waals surface area (Å²) >= 11 is 0. The molecule has 1 aromatic rings. The first-order valence-corrected chi connectivity index (χ1v) is 7.58. The van der Waals surface area contributed by atoms with Gasteiger partial charge in [-0.25, -0.2) is 0 Å². The molecular weight excluding hydrogens is 234 g/mol. The van der Waals surface area contributed by atoms with Crippen molar-refractivity contribution >= 4 is 0 Å². The molecule has 2 aliphatic carbocycles. The van der Waals surface area contributed by atoms with Gasteiger partial charge < -0.3 is 10.8 Å². The highest BCUT2D eigenvalue weighted by molar-refractivity contribution is 5.36. The predicted molar refractivity (Wildman–Crippen MR) is 77.9 cm³/mol. The van der Waals surface area contributed by atoms with E-state index in [2.05, 4.69) is 31.2 Å². The maximum atomic E-state index is 11.3. The van der Waals surface area contributed by atoms with Crippen molar-refractivity contribution in [3.63, 3.8) is 0 Å². The summed E-state index contributed by atoms with van der Waals surface area (Å²) in [5.41, 5.74) is 8.07. The third-order valence-corrected chi connectivity index (χ3v) is 5.69. The van der Waals surface area contributed by atoms with Crippen molar-refractivity contribution in [3.05, 3.63) is 35.4 Å². The lowest BCUT2D eigenvalue weighted by molar-refractivity contribution is -0.0966. The minimum Gasteiger partial charge on any atom is -0.389 e. The van der Waals surface area contributed by atoms with Gasteiger partial charge in [0.2, 0.25) is 0 Å². The van der Waals surface area contributed by atoms with Gasteiger partial charge in [-0.3, -0.25) is 0 Å². The summed E-state index contributed by atoms with van der Waals surface area (Å²) in [6, 6.07) is 8.46. The average molecular weight is 259 g/mol. The van der Waals surface area contributed by atoms with Crippen molar-refractivity contribution in [2.45, 2.75) is 51.0 Å². The third-order valence-electron chi connectivity index (χ3n) is 5.69. The lowest BCUT2D eigenvalue weighted by Crippen LogP contribution is -2.55. The van der Waals surface area contributed by atoms with E-state index in [4.69, 9.17) is 5.73 Å². The van der Waals surface area contributed by atoms with Gasteiger partial charge in [-0.15, -0.1) is 0 Å². The van der Waals surface area contributed by atoms with Gasteiger partial charge in [-0.1, -0.05) is 44.0 Å². The van der Waals surface area contributed by atoms with Crippen LogP contribution in [0.3, 0.4) is 0 Å². The number of benzene rings is 1. The van der Waals surface area contributed by atoms with E-state index in [0.717, 1.165) is 31.6 Å². The zero-order valence-electron chi connectivity index (χ0n) is 11.9. The minimum atomic E-state index is -0.619. The molecule has 0 radical (unpaired) electrons. The third kappa shape index (κ3) is 2.02. The number of nitrogens with two attached hydrogens (primary N) is 1. The van der Waals surface area contributed by atoms with Crippen molar-refractivity contribution in [2.75, 3.05) is 6.54 Å². The van der Waals surface area contributed by atoms with Gasteiger partial charge >= 0.3 is 0 Å². The summed E-state index contributed by atoms with van der Waals surface area (Å²) in [5.74, 6) is 0.784. The van der Waals surface area contributed by atoms with Gasteiger partial charge in [-0.2, -0.15) is 0 Å². The average Bonchev–Trinajstić information content (AvgIpc) is 2.77. The van der Waals surface area contributed by atoms with Crippen LogP contribution in [-0.2, 0) is 12.8 Å². The number of hydrogen-bond donors (Lipinski definition) is 2. The second kappa shape index (κ2) is 4.60. The molecule has 0 spiro atoms. The largest absolute Gasteiger partial charge is 0.389 e. The summed E-state index contributed by atoms with van der Waals surface area (Å²) in [6.45, 7) is 2.93. The lowest BCUT2D eigenvalue weighted by Gasteiger charge is -2.48. The summed E-state index contributed by atoms with van der Waals surface area (Å²) in [6.07, 6.45) is 6.14. The Morgan fingerprint density at radius 3 is 2.16 bits per heavy atom. The highest BCUT2D eigenvalue weighted by Crippen LogP contribution is 2.51. The maximum absolute atomic E-state index is 11.3.